The van der Waals surface area contributed by atoms with Crippen LogP contribution in [0.25, 0.3) is 17.4 Å². The van der Waals surface area contributed by atoms with Crippen LogP contribution in [-0.2, 0) is 9.53 Å². The maximum absolute atomic E-state index is 11.9. The number of nitrogens with one attached hydrogen (secondary N) is 1. The Kier molecular flexibility index (Phi) is 5.90. The van der Waals surface area contributed by atoms with Gasteiger partial charge in [-0.05, 0) is 30.7 Å². The third-order valence-corrected chi connectivity index (χ3v) is 4.84. The van der Waals surface area contributed by atoms with E-state index in [0.29, 0.717) is 32.9 Å². The van der Waals surface area contributed by atoms with Crippen LogP contribution in [0, 0.1) is 0 Å². The summed E-state index contributed by atoms with van der Waals surface area (Å²) in [5, 5.41) is 2.56. The fourth-order valence-electron chi connectivity index (χ4n) is 2.30. The lowest BCUT2D eigenvalue weighted by atomic mass is 10.1. The Labute approximate surface area is 160 Å². The van der Waals surface area contributed by atoms with Crippen LogP contribution in [0.1, 0.15) is 35.9 Å². The van der Waals surface area contributed by atoms with Crippen molar-refractivity contribution in [2.45, 2.75) is 19.8 Å². The summed E-state index contributed by atoms with van der Waals surface area (Å²) in [5.41, 5.74) is 1.34. The van der Waals surface area contributed by atoms with Gasteiger partial charge in [0.1, 0.15) is 15.8 Å². The number of hydrogen-bond acceptors (Lipinski definition) is 6. The molecule has 134 valence electrons. The highest BCUT2D eigenvalue weighted by atomic mass is 32.2. The van der Waals surface area contributed by atoms with Gasteiger partial charge in [0, 0.05) is 11.6 Å². The number of thioether (sulfide) groups is 1. The van der Waals surface area contributed by atoms with Gasteiger partial charge in [-0.15, -0.1) is 0 Å². The normalized spacial score (nSPS) is 15.3. The molecule has 2 heterocycles. The second-order valence-electron chi connectivity index (χ2n) is 5.62. The number of carbonyl (C=O) groups is 2. The molecule has 5 nitrogen and oxygen atoms in total. The molecule has 0 aliphatic carbocycles. The molecule has 3 rings (SSSR count). The van der Waals surface area contributed by atoms with Crippen LogP contribution in [0.4, 0.5) is 0 Å². The second-order valence-corrected chi connectivity index (χ2v) is 7.34. The third-order valence-electron chi connectivity index (χ3n) is 3.68. The average molecular weight is 387 g/mol. The Morgan fingerprint density at radius 1 is 1.27 bits per heavy atom. The fraction of sp³-hybridized carbons (Fsp3) is 0.211. The Morgan fingerprint density at radius 2 is 2.04 bits per heavy atom. The van der Waals surface area contributed by atoms with Gasteiger partial charge in [0.05, 0.1) is 17.1 Å². The lowest BCUT2D eigenvalue weighted by Crippen LogP contribution is -2.17. The van der Waals surface area contributed by atoms with Crippen molar-refractivity contribution in [1.29, 1.82) is 0 Å². The Balaban J connectivity index is 1.70. The first-order valence-electron chi connectivity index (χ1n) is 8.19. The molecule has 26 heavy (non-hydrogen) atoms. The van der Waals surface area contributed by atoms with Crippen molar-refractivity contribution < 1.29 is 18.7 Å². The van der Waals surface area contributed by atoms with Crippen LogP contribution in [0.5, 0.6) is 0 Å². The van der Waals surface area contributed by atoms with Gasteiger partial charge in [0.25, 0.3) is 5.91 Å². The first-order chi connectivity index (χ1) is 12.6. The van der Waals surface area contributed by atoms with Crippen LogP contribution in [0.2, 0.25) is 0 Å². The van der Waals surface area contributed by atoms with E-state index in [1.807, 2.05) is 13.0 Å². The van der Waals surface area contributed by atoms with Crippen LogP contribution >= 0.6 is 24.0 Å². The fourth-order valence-corrected chi connectivity index (χ4v) is 3.32. The molecule has 0 spiro atoms. The number of amides is 1. The quantitative estimate of drug-likeness (QED) is 0.343. The lowest BCUT2D eigenvalue weighted by Gasteiger charge is -2.04. The monoisotopic (exact) mass is 387 g/mol. The molecule has 0 bridgehead atoms. The first kappa shape index (κ1) is 18.4. The van der Waals surface area contributed by atoms with Gasteiger partial charge >= 0.3 is 5.97 Å². The minimum atomic E-state index is -0.324. The van der Waals surface area contributed by atoms with E-state index in [1.54, 1.807) is 36.4 Å². The van der Waals surface area contributed by atoms with E-state index in [9.17, 15) is 9.59 Å². The summed E-state index contributed by atoms with van der Waals surface area (Å²) < 4.78 is 11.4. The van der Waals surface area contributed by atoms with Gasteiger partial charge in [-0.25, -0.2) is 4.79 Å². The summed E-state index contributed by atoms with van der Waals surface area (Å²) in [4.78, 5) is 24.1. The smallest absolute Gasteiger partial charge is 0.338 e. The predicted octanol–water partition coefficient (Wildman–Crippen LogP) is 4.39. The number of furan rings is 1. The molecule has 1 N–H and O–H groups in total. The molecular weight excluding hydrogens is 370 g/mol. The molecule has 0 atom stereocenters. The zero-order valence-corrected chi connectivity index (χ0v) is 15.7. The van der Waals surface area contributed by atoms with Crippen LogP contribution in [-0.4, -0.2) is 22.8 Å². The van der Waals surface area contributed by atoms with E-state index in [0.717, 1.165) is 18.4 Å². The van der Waals surface area contributed by atoms with Crippen molar-refractivity contribution in [3.05, 3.63) is 52.6 Å². The van der Waals surface area contributed by atoms with Gasteiger partial charge in [-0.3, -0.25) is 4.79 Å². The highest BCUT2D eigenvalue weighted by Gasteiger charge is 2.22. The summed E-state index contributed by atoms with van der Waals surface area (Å²) in [5.74, 6) is 0.665. The molecule has 1 aliphatic heterocycles. The molecule has 0 radical (unpaired) electrons. The van der Waals surface area contributed by atoms with E-state index in [2.05, 4.69) is 5.32 Å². The number of carbonyl (C=O) groups excluding carboxylic acids is 2. The molecule has 1 aliphatic rings. The number of benzene rings is 1. The number of hydrogen-bond donors (Lipinski definition) is 1. The van der Waals surface area contributed by atoms with Gasteiger partial charge in [-0.2, -0.15) is 0 Å². The van der Waals surface area contributed by atoms with Crippen LogP contribution in [0.15, 0.2) is 45.7 Å². The highest BCUT2D eigenvalue weighted by Crippen LogP contribution is 2.28. The largest absolute Gasteiger partial charge is 0.462 e. The van der Waals surface area contributed by atoms with Gasteiger partial charge in [0.2, 0.25) is 0 Å². The molecular formula is C19H17NO4S2. The zero-order chi connectivity index (χ0) is 18.5. The predicted molar refractivity (Wildman–Crippen MR) is 106 cm³/mol. The number of unbranched alkanes of at least 4 members (excludes halogenated alkanes) is 1. The van der Waals surface area contributed by atoms with Gasteiger partial charge < -0.3 is 14.5 Å². The van der Waals surface area contributed by atoms with Crippen molar-refractivity contribution >= 4 is 46.3 Å². The molecule has 0 saturated carbocycles. The number of thiocarbonyl (C=S) groups is 1. The third kappa shape index (κ3) is 4.42. The Hall–Kier alpha value is -2.38. The van der Waals surface area contributed by atoms with E-state index in [-0.39, 0.29) is 11.9 Å². The number of esters is 1. The number of ether oxygens (including phenoxy) is 1. The summed E-state index contributed by atoms with van der Waals surface area (Å²) >= 11 is 6.17. The first-order valence-corrected chi connectivity index (χ1v) is 9.41. The number of rotatable bonds is 6. The summed E-state index contributed by atoms with van der Waals surface area (Å²) in [7, 11) is 0. The Morgan fingerprint density at radius 3 is 2.69 bits per heavy atom. The van der Waals surface area contributed by atoms with E-state index in [4.69, 9.17) is 21.4 Å². The SMILES string of the molecule is CCCCOC(=O)c1ccc(-c2ccc(/C=C3/SC(=S)NC3=O)o2)cc1. The van der Waals surface area contributed by atoms with Crippen molar-refractivity contribution in [3.63, 3.8) is 0 Å². The lowest BCUT2D eigenvalue weighted by molar-refractivity contribution is -0.115. The minimum absolute atomic E-state index is 0.219. The summed E-state index contributed by atoms with van der Waals surface area (Å²) in [6.07, 6.45) is 3.49. The van der Waals surface area contributed by atoms with Crippen molar-refractivity contribution in [1.82, 2.24) is 5.32 Å². The molecule has 7 heteroatoms. The van der Waals surface area contributed by atoms with Crippen molar-refractivity contribution in [2.75, 3.05) is 6.61 Å². The van der Waals surface area contributed by atoms with Gasteiger partial charge in [-0.1, -0.05) is 49.5 Å². The average Bonchev–Trinajstić information content (AvgIpc) is 3.22. The molecule has 1 fully saturated rings. The van der Waals surface area contributed by atoms with Crippen molar-refractivity contribution in [3.8, 4) is 11.3 Å². The molecule has 1 amide bonds. The standard InChI is InChI=1S/C19H17NO4S2/c1-2-3-10-23-18(22)13-6-4-12(5-7-13)15-9-8-14(24-15)11-16-17(21)20-19(25)26-16/h4-9,11H,2-3,10H2,1H3,(H,20,21,25)/b16-11+. The molecule has 1 saturated heterocycles. The van der Waals surface area contributed by atoms with Gasteiger partial charge in [0.15, 0.2) is 0 Å². The van der Waals surface area contributed by atoms with E-state index < -0.39 is 0 Å². The van der Waals surface area contributed by atoms with Crippen LogP contribution in [0.3, 0.4) is 0 Å². The summed E-state index contributed by atoms with van der Waals surface area (Å²) in [6.45, 7) is 2.48. The van der Waals surface area contributed by atoms with E-state index >= 15 is 0 Å². The highest BCUT2D eigenvalue weighted by molar-refractivity contribution is 8.26. The molecule has 1 aromatic carbocycles. The summed E-state index contributed by atoms with van der Waals surface area (Å²) in [6, 6.07) is 10.6. The minimum Gasteiger partial charge on any atom is -0.462 e. The maximum Gasteiger partial charge on any atom is 0.338 e. The molecule has 2 aromatic rings. The maximum atomic E-state index is 11.9. The zero-order valence-electron chi connectivity index (χ0n) is 14.1. The molecule has 1 aromatic heterocycles. The Bertz CT molecular complexity index is 868. The van der Waals surface area contributed by atoms with Crippen molar-refractivity contribution in [2.24, 2.45) is 0 Å². The second kappa shape index (κ2) is 8.33. The van der Waals surface area contributed by atoms with Crippen LogP contribution < -0.4 is 5.32 Å². The topological polar surface area (TPSA) is 68.5 Å². The van der Waals surface area contributed by atoms with E-state index in [1.165, 1.54) is 11.8 Å². The molecule has 0 unspecified atom stereocenters.